The predicted octanol–water partition coefficient (Wildman–Crippen LogP) is 3.86. The zero-order chi connectivity index (χ0) is 23.6. The fourth-order valence-electron chi connectivity index (χ4n) is 3.34. The molecule has 1 aromatic heterocycles. The van der Waals surface area contributed by atoms with Crippen molar-refractivity contribution in [1.29, 1.82) is 0 Å². The van der Waals surface area contributed by atoms with E-state index in [0.717, 1.165) is 34.8 Å². The molecule has 0 spiro atoms. The topological polar surface area (TPSA) is 79.8 Å². The van der Waals surface area contributed by atoms with Crippen LogP contribution in [-0.4, -0.2) is 61.1 Å². The first-order valence-corrected chi connectivity index (χ1v) is 12.1. The van der Waals surface area contributed by atoms with Gasteiger partial charge in [0.2, 0.25) is 10.0 Å². The van der Waals surface area contributed by atoms with Gasteiger partial charge in [-0.3, -0.25) is 4.79 Å². The molecule has 1 aliphatic rings. The molecular weight excluding hydrogens is 479 g/mol. The Balaban J connectivity index is 1.39. The van der Waals surface area contributed by atoms with E-state index in [1.54, 1.807) is 5.38 Å². The first-order valence-electron chi connectivity index (χ1n) is 9.80. The molecule has 0 aliphatic carbocycles. The standard InChI is InChI=1S/C21H18F3N3O4S2/c22-21(23,24)31-16-6-8-17(9-7-16)33(29,30)27-12-10-26(11-13-27)20(28)18-14-32-19(25-18)15-4-2-1-3-5-15/h1-9,14H,10-13H2. The smallest absolute Gasteiger partial charge is 0.406 e. The van der Waals surface area contributed by atoms with Crippen LogP contribution in [0, 0.1) is 0 Å². The third kappa shape index (κ3) is 5.34. The van der Waals surface area contributed by atoms with E-state index < -0.39 is 22.1 Å². The summed E-state index contributed by atoms with van der Waals surface area (Å²) in [5, 5.41) is 2.40. The molecule has 0 N–H and O–H groups in total. The third-order valence-corrected chi connectivity index (χ3v) is 7.77. The van der Waals surface area contributed by atoms with Crippen LogP contribution >= 0.6 is 11.3 Å². The van der Waals surface area contributed by atoms with Crippen LogP contribution < -0.4 is 4.74 Å². The van der Waals surface area contributed by atoms with Crippen LogP contribution in [0.15, 0.2) is 64.9 Å². The molecule has 174 valence electrons. The largest absolute Gasteiger partial charge is 0.573 e. The number of hydrogen-bond donors (Lipinski definition) is 0. The van der Waals surface area contributed by atoms with Gasteiger partial charge in [0.1, 0.15) is 16.5 Å². The number of rotatable bonds is 5. The number of amides is 1. The Kier molecular flexibility index (Phi) is 6.41. The summed E-state index contributed by atoms with van der Waals surface area (Å²) in [6.07, 6.45) is -4.86. The fourth-order valence-corrected chi connectivity index (χ4v) is 5.56. The molecule has 1 saturated heterocycles. The van der Waals surface area contributed by atoms with Gasteiger partial charge in [-0.2, -0.15) is 4.31 Å². The van der Waals surface area contributed by atoms with Crippen molar-refractivity contribution in [2.75, 3.05) is 26.2 Å². The van der Waals surface area contributed by atoms with E-state index in [1.165, 1.54) is 20.5 Å². The van der Waals surface area contributed by atoms with Crippen molar-refractivity contribution in [2.45, 2.75) is 11.3 Å². The minimum Gasteiger partial charge on any atom is -0.406 e. The maximum absolute atomic E-state index is 12.8. The van der Waals surface area contributed by atoms with E-state index in [4.69, 9.17) is 0 Å². The van der Waals surface area contributed by atoms with Crippen molar-refractivity contribution in [2.24, 2.45) is 0 Å². The number of hydrogen-bond acceptors (Lipinski definition) is 6. The summed E-state index contributed by atoms with van der Waals surface area (Å²) in [6.45, 7) is 0.464. The Morgan fingerprint density at radius 3 is 2.21 bits per heavy atom. The van der Waals surface area contributed by atoms with Gasteiger partial charge in [-0.15, -0.1) is 24.5 Å². The Hall–Kier alpha value is -2.96. The maximum atomic E-state index is 12.8. The Bertz CT molecular complexity index is 1220. The average Bonchev–Trinajstić information content (AvgIpc) is 3.29. The van der Waals surface area contributed by atoms with E-state index in [0.29, 0.717) is 5.69 Å². The highest BCUT2D eigenvalue weighted by atomic mass is 32.2. The maximum Gasteiger partial charge on any atom is 0.573 e. The lowest BCUT2D eigenvalue weighted by atomic mass is 10.2. The average molecular weight is 498 g/mol. The molecule has 3 aromatic rings. The zero-order valence-corrected chi connectivity index (χ0v) is 18.7. The predicted molar refractivity (Wildman–Crippen MR) is 115 cm³/mol. The minimum absolute atomic E-state index is 0.0601. The quantitative estimate of drug-likeness (QED) is 0.535. The van der Waals surface area contributed by atoms with Crippen LogP contribution in [0.1, 0.15) is 10.5 Å². The SMILES string of the molecule is O=C(c1csc(-c2ccccc2)n1)N1CCN(S(=O)(=O)c2ccc(OC(F)(F)F)cc2)CC1. The molecule has 1 amide bonds. The zero-order valence-electron chi connectivity index (χ0n) is 17.0. The van der Waals surface area contributed by atoms with Crippen molar-refractivity contribution in [3.8, 4) is 16.3 Å². The van der Waals surface area contributed by atoms with E-state index in [9.17, 15) is 26.4 Å². The number of thiazole rings is 1. The van der Waals surface area contributed by atoms with Gasteiger partial charge >= 0.3 is 6.36 Å². The van der Waals surface area contributed by atoms with Crippen molar-refractivity contribution >= 4 is 27.3 Å². The highest BCUT2D eigenvalue weighted by molar-refractivity contribution is 7.89. The first-order chi connectivity index (χ1) is 15.6. The molecule has 33 heavy (non-hydrogen) atoms. The normalized spacial score (nSPS) is 15.4. The lowest BCUT2D eigenvalue weighted by Crippen LogP contribution is -2.50. The number of carbonyl (C=O) groups is 1. The number of carbonyl (C=O) groups excluding carboxylic acids is 1. The third-order valence-electron chi connectivity index (χ3n) is 4.96. The van der Waals surface area contributed by atoms with Crippen molar-refractivity contribution in [3.63, 3.8) is 0 Å². The molecule has 1 aliphatic heterocycles. The summed E-state index contributed by atoms with van der Waals surface area (Å²) in [5.74, 6) is -0.783. The molecule has 2 aromatic carbocycles. The van der Waals surface area contributed by atoms with Gasteiger partial charge in [0.15, 0.2) is 0 Å². The van der Waals surface area contributed by atoms with Gasteiger partial charge in [0.05, 0.1) is 4.90 Å². The van der Waals surface area contributed by atoms with Crippen LogP contribution in [-0.2, 0) is 10.0 Å². The van der Waals surface area contributed by atoms with Crippen LogP contribution in [0.3, 0.4) is 0 Å². The number of aromatic nitrogens is 1. The fraction of sp³-hybridized carbons (Fsp3) is 0.238. The van der Waals surface area contributed by atoms with Gasteiger partial charge in [-0.25, -0.2) is 13.4 Å². The van der Waals surface area contributed by atoms with Crippen LogP contribution in [0.4, 0.5) is 13.2 Å². The molecular formula is C21H18F3N3O4S2. The van der Waals surface area contributed by atoms with Crippen molar-refractivity contribution < 1.29 is 31.1 Å². The number of piperazine rings is 1. The molecule has 2 heterocycles. The van der Waals surface area contributed by atoms with E-state index >= 15 is 0 Å². The van der Waals surface area contributed by atoms with Crippen molar-refractivity contribution in [1.82, 2.24) is 14.2 Å². The number of nitrogens with zero attached hydrogens (tertiary/aromatic N) is 3. The molecule has 0 unspecified atom stereocenters. The highest BCUT2D eigenvalue weighted by Crippen LogP contribution is 2.27. The van der Waals surface area contributed by atoms with Crippen LogP contribution in [0.25, 0.3) is 10.6 Å². The summed E-state index contributed by atoms with van der Waals surface area (Å²) in [6, 6.07) is 13.5. The van der Waals surface area contributed by atoms with Crippen LogP contribution in [0.2, 0.25) is 0 Å². The molecule has 1 fully saturated rings. The summed E-state index contributed by atoms with van der Waals surface area (Å²) in [7, 11) is -3.92. The molecule has 0 radical (unpaired) electrons. The van der Waals surface area contributed by atoms with Gasteiger partial charge in [-0.1, -0.05) is 30.3 Å². The Morgan fingerprint density at radius 1 is 0.970 bits per heavy atom. The number of ether oxygens (including phenoxy) is 1. The lowest BCUT2D eigenvalue weighted by Gasteiger charge is -2.33. The second-order valence-electron chi connectivity index (χ2n) is 7.12. The van der Waals surface area contributed by atoms with E-state index in [-0.39, 0.29) is 37.0 Å². The molecule has 7 nitrogen and oxygen atoms in total. The monoisotopic (exact) mass is 497 g/mol. The van der Waals surface area contributed by atoms with Crippen LogP contribution in [0.5, 0.6) is 5.75 Å². The first kappa shape index (κ1) is 23.2. The number of sulfonamides is 1. The second kappa shape index (κ2) is 9.12. The van der Waals surface area contributed by atoms with Gasteiger partial charge in [0, 0.05) is 37.1 Å². The molecule has 0 atom stereocenters. The Labute approximate surface area is 192 Å². The summed E-state index contributed by atoms with van der Waals surface area (Å²) < 4.78 is 67.5. The summed E-state index contributed by atoms with van der Waals surface area (Å²) in [4.78, 5) is 18.6. The molecule has 0 bridgehead atoms. The summed E-state index contributed by atoms with van der Waals surface area (Å²) >= 11 is 1.36. The van der Waals surface area contributed by atoms with Gasteiger partial charge in [-0.05, 0) is 24.3 Å². The van der Waals surface area contributed by atoms with Gasteiger partial charge in [0.25, 0.3) is 5.91 Å². The number of alkyl halides is 3. The molecule has 12 heteroatoms. The Morgan fingerprint density at radius 2 is 1.61 bits per heavy atom. The summed E-state index contributed by atoms with van der Waals surface area (Å²) in [5.41, 5.74) is 1.21. The lowest BCUT2D eigenvalue weighted by molar-refractivity contribution is -0.274. The number of halogens is 3. The van der Waals surface area contributed by atoms with E-state index in [2.05, 4.69) is 9.72 Å². The molecule has 4 rings (SSSR count). The van der Waals surface area contributed by atoms with Gasteiger partial charge < -0.3 is 9.64 Å². The highest BCUT2D eigenvalue weighted by Gasteiger charge is 2.33. The number of benzene rings is 2. The minimum atomic E-state index is -4.86. The van der Waals surface area contributed by atoms with E-state index in [1.807, 2.05) is 30.3 Å². The van der Waals surface area contributed by atoms with Crippen molar-refractivity contribution in [3.05, 3.63) is 65.7 Å². The molecule has 0 saturated carbocycles. The second-order valence-corrected chi connectivity index (χ2v) is 9.92.